The minimum atomic E-state index is -0.546. The molecular weight excluding hydrogens is 374 g/mol. The quantitative estimate of drug-likeness (QED) is 0.579. The van der Waals surface area contributed by atoms with Crippen molar-refractivity contribution >= 4 is 22.4 Å². The normalized spacial score (nSPS) is 10.6. The van der Waals surface area contributed by atoms with Crippen molar-refractivity contribution in [2.75, 3.05) is 5.32 Å². The highest BCUT2D eigenvalue weighted by atomic mass is 32.1. The molecule has 138 valence electrons. The van der Waals surface area contributed by atoms with Crippen LogP contribution in [0.25, 0.3) is 22.4 Å². The number of nitrogens with one attached hydrogen (secondary N) is 1. The number of rotatable bonds is 4. The first-order chi connectivity index (χ1) is 13.6. The number of aryl methyl sites for hydroxylation is 1. The van der Waals surface area contributed by atoms with E-state index < -0.39 is 11.5 Å². The smallest absolute Gasteiger partial charge is 0.280 e. The molecule has 0 fully saturated rings. The average Bonchev–Trinajstić information content (AvgIpc) is 3.23. The van der Waals surface area contributed by atoms with Crippen LogP contribution in [0, 0.1) is 0 Å². The van der Waals surface area contributed by atoms with Gasteiger partial charge in [0.25, 0.3) is 11.5 Å². The maximum absolute atomic E-state index is 13.0. The molecule has 0 radical (unpaired) electrons. The van der Waals surface area contributed by atoms with E-state index in [2.05, 4.69) is 20.6 Å². The highest BCUT2D eigenvalue weighted by Gasteiger charge is 2.24. The number of carbonyl (C=O) groups is 1. The van der Waals surface area contributed by atoms with Gasteiger partial charge in [-0.2, -0.15) is 5.10 Å². The summed E-state index contributed by atoms with van der Waals surface area (Å²) >= 11 is 1.18. The molecule has 4 aromatic rings. The number of carbonyl (C=O) groups excluding carboxylic acids is 1. The highest BCUT2D eigenvalue weighted by Crippen LogP contribution is 2.32. The summed E-state index contributed by atoms with van der Waals surface area (Å²) in [5.41, 5.74) is 3.61. The van der Waals surface area contributed by atoms with Gasteiger partial charge in [0, 0.05) is 18.2 Å². The van der Waals surface area contributed by atoms with E-state index in [1.807, 2.05) is 60.7 Å². The molecule has 1 N–H and O–H groups in total. The molecule has 2 aromatic heterocycles. The summed E-state index contributed by atoms with van der Waals surface area (Å²) < 4.78 is 1.18. The summed E-state index contributed by atoms with van der Waals surface area (Å²) in [4.78, 5) is 26.0. The van der Waals surface area contributed by atoms with E-state index in [-0.39, 0.29) is 5.56 Å². The Hall–Kier alpha value is -3.65. The fourth-order valence-electron chi connectivity index (χ4n) is 2.91. The molecule has 7 nitrogen and oxygen atoms in total. The Labute approximate surface area is 164 Å². The second-order valence-corrected chi connectivity index (χ2v) is 6.79. The van der Waals surface area contributed by atoms with E-state index in [4.69, 9.17) is 0 Å². The lowest BCUT2D eigenvalue weighted by atomic mass is 9.95. The number of hydrogen-bond donors (Lipinski definition) is 1. The Morgan fingerprint density at radius 3 is 2.25 bits per heavy atom. The third-order valence-corrected chi connectivity index (χ3v) is 4.77. The number of hydrogen-bond acceptors (Lipinski definition) is 6. The van der Waals surface area contributed by atoms with Gasteiger partial charge in [-0.05, 0) is 5.56 Å². The van der Waals surface area contributed by atoms with Crippen molar-refractivity contribution in [1.29, 1.82) is 0 Å². The molecule has 0 saturated heterocycles. The first-order valence-corrected chi connectivity index (χ1v) is 9.33. The molecule has 0 aliphatic heterocycles. The van der Waals surface area contributed by atoms with Crippen LogP contribution in [0.3, 0.4) is 0 Å². The van der Waals surface area contributed by atoms with Gasteiger partial charge in [-0.3, -0.25) is 14.9 Å². The van der Waals surface area contributed by atoms with Gasteiger partial charge in [-0.25, -0.2) is 4.68 Å². The summed E-state index contributed by atoms with van der Waals surface area (Å²) in [6, 6.07) is 18.8. The van der Waals surface area contributed by atoms with E-state index in [1.54, 1.807) is 0 Å². The van der Waals surface area contributed by atoms with Gasteiger partial charge in [-0.1, -0.05) is 72.0 Å². The van der Waals surface area contributed by atoms with Crippen molar-refractivity contribution in [3.63, 3.8) is 0 Å². The molecule has 1 amide bonds. The van der Waals surface area contributed by atoms with Gasteiger partial charge in [0.15, 0.2) is 0 Å². The standard InChI is InChI=1S/C20H15N5O2S/c1-25-19(27)16(18(26)22-20-23-21-12-28-20)15(13-8-4-2-5-9-13)17(24-25)14-10-6-3-7-11-14/h2-12H,1H3,(H,22,23,26). The SMILES string of the molecule is Cn1nc(-c2ccccc2)c(-c2ccccc2)c(C(=O)Nc2nncs2)c1=O. The van der Waals surface area contributed by atoms with Crippen molar-refractivity contribution < 1.29 is 4.79 Å². The summed E-state index contributed by atoms with van der Waals surface area (Å²) in [6.45, 7) is 0. The minimum absolute atomic E-state index is 0.0118. The molecule has 28 heavy (non-hydrogen) atoms. The van der Waals surface area contributed by atoms with Gasteiger partial charge in [0.1, 0.15) is 11.1 Å². The van der Waals surface area contributed by atoms with Crippen molar-refractivity contribution in [2.24, 2.45) is 7.05 Å². The van der Waals surface area contributed by atoms with Gasteiger partial charge in [-0.15, -0.1) is 10.2 Å². The van der Waals surface area contributed by atoms with Gasteiger partial charge >= 0.3 is 0 Å². The third kappa shape index (κ3) is 3.33. The van der Waals surface area contributed by atoms with Crippen molar-refractivity contribution in [2.45, 2.75) is 0 Å². The molecule has 0 spiro atoms. The van der Waals surface area contributed by atoms with Crippen LogP contribution < -0.4 is 10.9 Å². The topological polar surface area (TPSA) is 89.8 Å². The Balaban J connectivity index is 1.99. The van der Waals surface area contributed by atoms with Gasteiger partial charge in [0.2, 0.25) is 5.13 Å². The number of aromatic nitrogens is 4. The zero-order valence-electron chi connectivity index (χ0n) is 14.9. The summed E-state index contributed by atoms with van der Waals surface area (Å²) in [5, 5.41) is 15.0. The van der Waals surface area contributed by atoms with Crippen LogP contribution in [-0.2, 0) is 7.05 Å². The second-order valence-electron chi connectivity index (χ2n) is 5.96. The second kappa shape index (κ2) is 7.53. The Morgan fingerprint density at radius 2 is 1.64 bits per heavy atom. The lowest BCUT2D eigenvalue weighted by Gasteiger charge is -2.15. The number of anilines is 1. The van der Waals surface area contributed by atoms with Crippen LogP contribution in [-0.4, -0.2) is 25.9 Å². The molecule has 2 heterocycles. The molecule has 0 bridgehead atoms. The maximum Gasteiger partial charge on any atom is 0.280 e. The van der Waals surface area contributed by atoms with Gasteiger partial charge < -0.3 is 0 Å². The predicted molar refractivity (Wildman–Crippen MR) is 108 cm³/mol. The lowest BCUT2D eigenvalue weighted by molar-refractivity contribution is 0.102. The molecule has 0 unspecified atom stereocenters. The zero-order chi connectivity index (χ0) is 19.5. The summed E-state index contributed by atoms with van der Waals surface area (Å²) in [7, 11) is 1.53. The first kappa shape index (κ1) is 17.7. The van der Waals surface area contributed by atoms with Crippen LogP contribution in [0.1, 0.15) is 10.4 Å². The number of nitrogens with zero attached hydrogens (tertiary/aromatic N) is 4. The molecule has 0 atom stereocenters. The fourth-order valence-corrected chi connectivity index (χ4v) is 3.35. The van der Waals surface area contributed by atoms with E-state index in [9.17, 15) is 9.59 Å². The zero-order valence-corrected chi connectivity index (χ0v) is 15.7. The average molecular weight is 389 g/mol. The molecule has 0 aliphatic rings. The van der Waals surface area contributed by atoms with E-state index in [0.29, 0.717) is 16.4 Å². The van der Waals surface area contributed by atoms with Crippen LogP contribution in [0.2, 0.25) is 0 Å². The highest BCUT2D eigenvalue weighted by molar-refractivity contribution is 7.13. The largest absolute Gasteiger partial charge is 0.296 e. The predicted octanol–water partition coefficient (Wildman–Crippen LogP) is 3.22. The first-order valence-electron chi connectivity index (χ1n) is 8.45. The molecular formula is C20H15N5O2S. The number of benzene rings is 2. The summed E-state index contributed by atoms with van der Waals surface area (Å²) in [6.07, 6.45) is 0. The molecule has 0 aliphatic carbocycles. The molecule has 2 aromatic carbocycles. The van der Waals surface area contributed by atoms with Crippen LogP contribution in [0.4, 0.5) is 5.13 Å². The van der Waals surface area contributed by atoms with E-state index in [0.717, 1.165) is 11.1 Å². The van der Waals surface area contributed by atoms with Crippen LogP contribution in [0.15, 0.2) is 71.0 Å². The van der Waals surface area contributed by atoms with E-state index in [1.165, 1.54) is 28.6 Å². The van der Waals surface area contributed by atoms with Crippen molar-refractivity contribution in [1.82, 2.24) is 20.0 Å². The number of amides is 1. The minimum Gasteiger partial charge on any atom is -0.296 e. The molecule has 8 heteroatoms. The lowest BCUT2D eigenvalue weighted by Crippen LogP contribution is -2.31. The third-order valence-electron chi connectivity index (χ3n) is 4.16. The maximum atomic E-state index is 13.0. The van der Waals surface area contributed by atoms with Crippen molar-refractivity contribution in [3.05, 3.63) is 82.1 Å². The Bertz CT molecular complexity index is 1170. The van der Waals surface area contributed by atoms with E-state index >= 15 is 0 Å². The molecule has 4 rings (SSSR count). The summed E-state index contributed by atoms with van der Waals surface area (Å²) in [5.74, 6) is -0.546. The Morgan fingerprint density at radius 1 is 1.00 bits per heavy atom. The van der Waals surface area contributed by atoms with Crippen molar-refractivity contribution in [3.8, 4) is 22.4 Å². The monoisotopic (exact) mass is 389 g/mol. The molecule has 0 saturated carbocycles. The Kier molecular flexibility index (Phi) is 4.77. The van der Waals surface area contributed by atoms with Crippen LogP contribution in [0.5, 0.6) is 0 Å². The van der Waals surface area contributed by atoms with Crippen LogP contribution >= 0.6 is 11.3 Å². The van der Waals surface area contributed by atoms with Gasteiger partial charge in [0.05, 0.1) is 5.69 Å². The fraction of sp³-hybridized carbons (Fsp3) is 0.0500.